The summed E-state index contributed by atoms with van der Waals surface area (Å²) in [6.07, 6.45) is 5.86. The van der Waals surface area contributed by atoms with Crippen LogP contribution in [0.15, 0.2) is 0 Å². The molecule has 0 spiro atoms. The van der Waals surface area contributed by atoms with Crippen LogP contribution in [0, 0.1) is 0 Å². The fourth-order valence-electron chi connectivity index (χ4n) is 1.88. The summed E-state index contributed by atoms with van der Waals surface area (Å²) in [5.41, 5.74) is 0. The van der Waals surface area contributed by atoms with Gasteiger partial charge in [-0.3, -0.25) is 4.79 Å². The number of nitrogens with zero attached hydrogens (tertiary/aromatic N) is 1. The molecule has 1 aliphatic rings. The summed E-state index contributed by atoms with van der Waals surface area (Å²) in [7, 11) is -3.11. The Morgan fingerprint density at radius 2 is 2.20 bits per heavy atom. The van der Waals surface area contributed by atoms with Crippen molar-refractivity contribution < 1.29 is 13.2 Å². The van der Waals surface area contributed by atoms with Gasteiger partial charge >= 0.3 is 0 Å². The largest absolute Gasteiger partial charge is 0.342 e. The van der Waals surface area contributed by atoms with E-state index in [9.17, 15) is 13.2 Å². The van der Waals surface area contributed by atoms with Gasteiger partial charge in [-0.15, -0.1) is 0 Å². The normalized spacial score (nSPS) is 22.7. The molecule has 0 aromatic carbocycles. The maximum atomic E-state index is 10.8. The van der Waals surface area contributed by atoms with E-state index in [-0.39, 0.29) is 6.04 Å². The first-order chi connectivity index (χ1) is 7.03. The Morgan fingerprint density at radius 1 is 1.47 bits per heavy atom. The van der Waals surface area contributed by atoms with Crippen LogP contribution in [0.1, 0.15) is 25.7 Å². The molecule has 0 saturated carbocycles. The first kappa shape index (κ1) is 12.4. The highest BCUT2D eigenvalue weighted by Gasteiger charge is 2.20. The van der Waals surface area contributed by atoms with Crippen molar-refractivity contribution in [3.8, 4) is 0 Å². The molecule has 0 aromatic heterocycles. The molecule has 1 rings (SSSR count). The fourth-order valence-corrected chi connectivity index (χ4v) is 2.37. The van der Waals surface area contributed by atoms with Crippen LogP contribution >= 0.6 is 0 Å². The number of amides is 1. The lowest BCUT2D eigenvalue weighted by atomic mass is 10.0. The maximum absolute atomic E-state index is 10.8. The Labute approximate surface area is 90.9 Å². The van der Waals surface area contributed by atoms with Crippen molar-refractivity contribution in [2.45, 2.75) is 31.7 Å². The van der Waals surface area contributed by atoms with E-state index in [4.69, 9.17) is 0 Å². The number of carbonyl (C=O) groups excluding carboxylic acids is 1. The molecule has 88 valence electrons. The van der Waals surface area contributed by atoms with Gasteiger partial charge in [-0.25, -0.2) is 13.1 Å². The second kappa shape index (κ2) is 5.46. The van der Waals surface area contributed by atoms with Gasteiger partial charge in [0.05, 0.1) is 6.26 Å². The van der Waals surface area contributed by atoms with Gasteiger partial charge in [0.25, 0.3) is 0 Å². The van der Waals surface area contributed by atoms with Gasteiger partial charge in [0, 0.05) is 19.1 Å². The lowest BCUT2D eigenvalue weighted by Gasteiger charge is -2.32. The smallest absolute Gasteiger partial charge is 0.209 e. The molecule has 0 bridgehead atoms. The number of nitrogens with one attached hydrogen (secondary N) is 1. The van der Waals surface area contributed by atoms with Crippen LogP contribution in [-0.2, 0) is 14.8 Å². The Bertz CT molecular complexity index is 302. The van der Waals surface area contributed by atoms with Crippen molar-refractivity contribution in [2.24, 2.45) is 0 Å². The van der Waals surface area contributed by atoms with E-state index in [0.29, 0.717) is 13.0 Å². The van der Waals surface area contributed by atoms with Crippen LogP contribution in [0.25, 0.3) is 0 Å². The van der Waals surface area contributed by atoms with Crippen LogP contribution in [0.5, 0.6) is 0 Å². The van der Waals surface area contributed by atoms with Crippen LogP contribution < -0.4 is 4.72 Å². The van der Waals surface area contributed by atoms with E-state index in [1.54, 1.807) is 4.90 Å². The summed E-state index contributed by atoms with van der Waals surface area (Å²) >= 11 is 0. The Hall–Kier alpha value is -0.620. The molecule has 15 heavy (non-hydrogen) atoms. The van der Waals surface area contributed by atoms with Gasteiger partial charge in [0.1, 0.15) is 0 Å². The third-order valence-corrected chi connectivity index (χ3v) is 3.38. The molecule has 5 nitrogen and oxygen atoms in total. The van der Waals surface area contributed by atoms with Gasteiger partial charge in [0.2, 0.25) is 16.4 Å². The van der Waals surface area contributed by atoms with Crippen LogP contribution in [0.4, 0.5) is 0 Å². The number of rotatable bonds is 5. The first-order valence-electron chi connectivity index (χ1n) is 5.18. The molecule has 1 heterocycles. The van der Waals surface area contributed by atoms with E-state index in [2.05, 4.69) is 4.72 Å². The maximum Gasteiger partial charge on any atom is 0.209 e. The molecule has 0 radical (unpaired) electrons. The average molecular weight is 234 g/mol. The Kier molecular flexibility index (Phi) is 4.53. The summed E-state index contributed by atoms with van der Waals surface area (Å²) in [5, 5.41) is 0. The van der Waals surface area contributed by atoms with E-state index in [0.717, 1.165) is 38.5 Å². The molecule has 1 fully saturated rings. The quantitative estimate of drug-likeness (QED) is 0.678. The predicted octanol–water partition coefficient (Wildman–Crippen LogP) is -0.0634. The molecule has 6 heteroatoms. The van der Waals surface area contributed by atoms with Crippen molar-refractivity contribution in [2.75, 3.05) is 19.3 Å². The van der Waals surface area contributed by atoms with Crippen LogP contribution in [0.2, 0.25) is 0 Å². The number of hydrogen-bond acceptors (Lipinski definition) is 3. The van der Waals surface area contributed by atoms with Gasteiger partial charge in [-0.1, -0.05) is 0 Å². The van der Waals surface area contributed by atoms with Crippen molar-refractivity contribution >= 4 is 16.4 Å². The molecular weight excluding hydrogens is 216 g/mol. The van der Waals surface area contributed by atoms with Crippen LogP contribution in [0.3, 0.4) is 0 Å². The predicted molar refractivity (Wildman–Crippen MR) is 57.9 cm³/mol. The molecule has 1 atom stereocenters. The number of likely N-dealkylation sites (tertiary alicyclic amines) is 1. The lowest BCUT2D eigenvalue weighted by Crippen LogP contribution is -2.40. The summed E-state index contributed by atoms with van der Waals surface area (Å²) in [6.45, 7) is 1.21. The zero-order valence-corrected chi connectivity index (χ0v) is 9.79. The molecule has 1 aliphatic heterocycles. The van der Waals surface area contributed by atoms with Crippen molar-refractivity contribution in [1.29, 1.82) is 0 Å². The number of hydrogen-bond donors (Lipinski definition) is 1. The molecule has 1 amide bonds. The average Bonchev–Trinajstić information content (AvgIpc) is 2.16. The topological polar surface area (TPSA) is 66.5 Å². The highest BCUT2D eigenvalue weighted by atomic mass is 32.2. The van der Waals surface area contributed by atoms with Gasteiger partial charge in [-0.2, -0.15) is 0 Å². The van der Waals surface area contributed by atoms with Crippen molar-refractivity contribution in [1.82, 2.24) is 9.62 Å². The fraction of sp³-hybridized carbons (Fsp3) is 0.889. The minimum Gasteiger partial charge on any atom is -0.342 e. The molecule has 0 aliphatic carbocycles. The summed E-state index contributed by atoms with van der Waals surface area (Å²) in [6, 6.07) is 0.200. The first-order valence-corrected chi connectivity index (χ1v) is 7.08. The Balaban J connectivity index is 2.33. The van der Waals surface area contributed by atoms with E-state index >= 15 is 0 Å². The number of piperidine rings is 1. The number of carbonyl (C=O) groups is 1. The molecular formula is C9H18N2O3S. The van der Waals surface area contributed by atoms with E-state index in [1.807, 2.05) is 0 Å². The summed E-state index contributed by atoms with van der Waals surface area (Å²) < 4.78 is 24.1. The third-order valence-electron chi connectivity index (χ3n) is 2.65. The molecule has 1 saturated heterocycles. The molecule has 1 N–H and O–H groups in total. The van der Waals surface area contributed by atoms with Crippen molar-refractivity contribution in [3.63, 3.8) is 0 Å². The Morgan fingerprint density at radius 3 is 2.80 bits per heavy atom. The zero-order chi connectivity index (χ0) is 11.3. The SMILES string of the molecule is CS(=O)(=O)NCCC1CCCCN1C=O. The highest BCUT2D eigenvalue weighted by molar-refractivity contribution is 7.88. The van der Waals surface area contributed by atoms with Gasteiger partial charge < -0.3 is 4.90 Å². The summed E-state index contributed by atoms with van der Waals surface area (Å²) in [4.78, 5) is 12.5. The minimum absolute atomic E-state index is 0.200. The van der Waals surface area contributed by atoms with E-state index < -0.39 is 10.0 Å². The lowest BCUT2D eigenvalue weighted by molar-refractivity contribution is -0.121. The molecule has 1 unspecified atom stereocenters. The summed E-state index contributed by atoms with van der Waals surface area (Å²) in [5.74, 6) is 0. The molecule has 0 aromatic rings. The second-order valence-electron chi connectivity index (χ2n) is 3.95. The minimum atomic E-state index is -3.11. The second-order valence-corrected chi connectivity index (χ2v) is 5.78. The zero-order valence-electron chi connectivity index (χ0n) is 8.98. The monoisotopic (exact) mass is 234 g/mol. The van der Waals surface area contributed by atoms with Crippen LogP contribution in [-0.4, -0.2) is 45.1 Å². The van der Waals surface area contributed by atoms with Gasteiger partial charge in [-0.05, 0) is 25.7 Å². The highest BCUT2D eigenvalue weighted by Crippen LogP contribution is 2.17. The standard InChI is InChI=1S/C9H18N2O3S/c1-15(13,14)10-6-5-9-4-2-3-7-11(9)8-12/h8-10H,2-7H2,1H3. The number of sulfonamides is 1. The van der Waals surface area contributed by atoms with Gasteiger partial charge in [0.15, 0.2) is 0 Å². The van der Waals surface area contributed by atoms with E-state index in [1.165, 1.54) is 0 Å². The van der Waals surface area contributed by atoms with Crippen molar-refractivity contribution in [3.05, 3.63) is 0 Å². The third kappa shape index (κ3) is 4.61.